The Morgan fingerprint density at radius 2 is 2.12 bits per heavy atom. The van der Waals surface area contributed by atoms with E-state index in [0.29, 0.717) is 0 Å². The van der Waals surface area contributed by atoms with Gasteiger partial charge in [0, 0.05) is 12.5 Å². The van der Waals surface area contributed by atoms with Gasteiger partial charge in [-0.25, -0.2) is 0 Å². The molecule has 1 rings (SSSR count). The monoisotopic (exact) mass is 223 g/mol. The molecule has 2 N–H and O–H groups in total. The van der Waals surface area contributed by atoms with Gasteiger partial charge in [-0.2, -0.15) is 5.26 Å². The molecule has 0 bridgehead atoms. The number of amides is 1. The second-order valence-corrected chi connectivity index (χ2v) is 4.51. The lowest BCUT2D eigenvalue weighted by atomic mass is 9.77. The largest absolute Gasteiger partial charge is 0.356 e. The van der Waals surface area contributed by atoms with Gasteiger partial charge in [0.05, 0.1) is 6.07 Å². The van der Waals surface area contributed by atoms with Crippen LogP contribution in [0.25, 0.3) is 0 Å². The molecule has 1 saturated carbocycles. The number of nitrogens with zero attached hydrogens (tertiary/aromatic N) is 1. The van der Waals surface area contributed by atoms with Crippen LogP contribution in [0.15, 0.2) is 0 Å². The minimum Gasteiger partial charge on any atom is -0.356 e. The highest BCUT2D eigenvalue weighted by atomic mass is 16.1. The van der Waals surface area contributed by atoms with E-state index >= 15 is 0 Å². The van der Waals surface area contributed by atoms with Gasteiger partial charge in [0.1, 0.15) is 5.54 Å². The van der Waals surface area contributed by atoms with E-state index < -0.39 is 5.54 Å². The van der Waals surface area contributed by atoms with Crippen LogP contribution in [0, 0.1) is 17.2 Å². The van der Waals surface area contributed by atoms with Crippen LogP contribution >= 0.6 is 0 Å². The van der Waals surface area contributed by atoms with Crippen LogP contribution in [0.1, 0.15) is 39.0 Å². The quantitative estimate of drug-likeness (QED) is 0.752. The first kappa shape index (κ1) is 13.0. The van der Waals surface area contributed by atoms with Gasteiger partial charge in [-0.05, 0) is 39.2 Å². The van der Waals surface area contributed by atoms with E-state index in [4.69, 9.17) is 5.26 Å². The summed E-state index contributed by atoms with van der Waals surface area (Å²) >= 11 is 0. The highest BCUT2D eigenvalue weighted by Crippen LogP contribution is 2.31. The van der Waals surface area contributed by atoms with Gasteiger partial charge in [0.25, 0.3) is 0 Å². The Balaban J connectivity index is 2.43. The van der Waals surface area contributed by atoms with Crippen molar-refractivity contribution in [2.24, 2.45) is 5.92 Å². The fraction of sp³-hybridized carbons (Fsp3) is 0.833. The van der Waals surface area contributed by atoms with Gasteiger partial charge in [0.15, 0.2) is 0 Å². The third-order valence-corrected chi connectivity index (χ3v) is 3.45. The summed E-state index contributed by atoms with van der Waals surface area (Å²) in [4.78, 5) is 11.7. The molecule has 4 heteroatoms. The van der Waals surface area contributed by atoms with E-state index in [1.54, 1.807) is 0 Å². The first-order chi connectivity index (χ1) is 7.67. The summed E-state index contributed by atoms with van der Waals surface area (Å²) in [6.45, 7) is 2.80. The molecule has 0 aromatic heterocycles. The molecule has 0 spiro atoms. The summed E-state index contributed by atoms with van der Waals surface area (Å²) in [7, 11) is 1.82. The van der Waals surface area contributed by atoms with Gasteiger partial charge in [-0.3, -0.25) is 4.79 Å². The number of rotatable bonds is 4. The number of carbonyl (C=O) groups excluding carboxylic acids is 1. The molecule has 1 amide bonds. The number of carbonyl (C=O) groups is 1. The predicted molar refractivity (Wildman–Crippen MR) is 62.7 cm³/mol. The van der Waals surface area contributed by atoms with E-state index in [2.05, 4.69) is 16.7 Å². The number of hydrogen-bond donors (Lipinski definition) is 2. The maximum absolute atomic E-state index is 11.7. The number of nitrogens with one attached hydrogen (secondary N) is 2. The summed E-state index contributed by atoms with van der Waals surface area (Å²) in [5.74, 6) is 0.255. The van der Waals surface area contributed by atoms with E-state index in [-0.39, 0.29) is 11.8 Å². The Hall–Kier alpha value is -1.08. The molecule has 16 heavy (non-hydrogen) atoms. The molecule has 0 radical (unpaired) electrons. The molecule has 0 saturated heterocycles. The maximum Gasteiger partial charge on any atom is 0.223 e. The predicted octanol–water partition coefficient (Wildman–Crippen LogP) is 1.18. The standard InChI is InChI=1S/C12H21N3O/c1-3-8-15-11(16)10-4-6-12(9-13,14-2)7-5-10/h10,14H,3-8H2,1-2H3,(H,15,16). The lowest BCUT2D eigenvalue weighted by molar-refractivity contribution is -0.126. The molecule has 0 aromatic carbocycles. The van der Waals surface area contributed by atoms with Crippen LogP contribution in [0.4, 0.5) is 0 Å². The summed E-state index contributed by atoms with van der Waals surface area (Å²) in [5, 5.41) is 15.1. The smallest absolute Gasteiger partial charge is 0.223 e. The lowest BCUT2D eigenvalue weighted by Gasteiger charge is -2.33. The zero-order chi connectivity index (χ0) is 12.0. The molecule has 0 aliphatic heterocycles. The molecule has 1 aliphatic rings. The van der Waals surface area contributed by atoms with Crippen molar-refractivity contribution in [3.8, 4) is 6.07 Å². The normalized spacial score (nSPS) is 29.4. The van der Waals surface area contributed by atoms with Crippen LogP contribution in [-0.2, 0) is 4.79 Å². The Morgan fingerprint density at radius 3 is 2.56 bits per heavy atom. The first-order valence-corrected chi connectivity index (χ1v) is 6.05. The summed E-state index contributed by atoms with van der Waals surface area (Å²) < 4.78 is 0. The zero-order valence-electron chi connectivity index (χ0n) is 10.2. The molecule has 4 nitrogen and oxygen atoms in total. The van der Waals surface area contributed by atoms with Crippen molar-refractivity contribution < 1.29 is 4.79 Å². The minimum atomic E-state index is -0.401. The maximum atomic E-state index is 11.7. The van der Waals surface area contributed by atoms with E-state index in [9.17, 15) is 4.79 Å². The van der Waals surface area contributed by atoms with E-state index in [1.807, 2.05) is 14.0 Å². The van der Waals surface area contributed by atoms with Gasteiger partial charge < -0.3 is 10.6 Å². The average Bonchev–Trinajstić information content (AvgIpc) is 2.36. The zero-order valence-corrected chi connectivity index (χ0v) is 10.2. The van der Waals surface area contributed by atoms with Gasteiger partial charge >= 0.3 is 0 Å². The third kappa shape index (κ3) is 2.96. The van der Waals surface area contributed by atoms with Crippen molar-refractivity contribution >= 4 is 5.91 Å². The van der Waals surface area contributed by atoms with E-state index in [1.165, 1.54) is 0 Å². The summed E-state index contributed by atoms with van der Waals surface area (Å²) in [5.41, 5.74) is -0.401. The Labute approximate surface area is 97.4 Å². The molecular formula is C12H21N3O. The molecule has 0 atom stereocenters. The van der Waals surface area contributed by atoms with Crippen molar-refractivity contribution in [3.63, 3.8) is 0 Å². The third-order valence-electron chi connectivity index (χ3n) is 3.45. The molecule has 1 aliphatic carbocycles. The van der Waals surface area contributed by atoms with Crippen molar-refractivity contribution in [2.75, 3.05) is 13.6 Å². The second-order valence-electron chi connectivity index (χ2n) is 4.51. The number of hydrogen-bond acceptors (Lipinski definition) is 3. The second kappa shape index (κ2) is 5.86. The van der Waals surface area contributed by atoms with Gasteiger partial charge in [-0.15, -0.1) is 0 Å². The Kier molecular flexibility index (Phi) is 4.75. The molecular weight excluding hydrogens is 202 g/mol. The highest BCUT2D eigenvalue weighted by Gasteiger charge is 2.36. The topological polar surface area (TPSA) is 64.9 Å². The fourth-order valence-electron chi connectivity index (χ4n) is 2.18. The van der Waals surface area contributed by atoms with Crippen LogP contribution in [-0.4, -0.2) is 25.0 Å². The molecule has 1 fully saturated rings. The Morgan fingerprint density at radius 1 is 1.50 bits per heavy atom. The lowest BCUT2D eigenvalue weighted by Crippen LogP contribution is -2.46. The summed E-state index contributed by atoms with van der Waals surface area (Å²) in [6.07, 6.45) is 4.12. The average molecular weight is 223 g/mol. The summed E-state index contributed by atoms with van der Waals surface area (Å²) in [6, 6.07) is 2.33. The first-order valence-electron chi connectivity index (χ1n) is 6.05. The van der Waals surface area contributed by atoms with Crippen LogP contribution in [0.3, 0.4) is 0 Å². The Bertz CT molecular complexity index is 274. The molecule has 0 unspecified atom stereocenters. The van der Waals surface area contributed by atoms with Crippen LogP contribution < -0.4 is 10.6 Å². The van der Waals surface area contributed by atoms with Gasteiger partial charge in [-0.1, -0.05) is 6.92 Å². The van der Waals surface area contributed by atoms with Crippen LogP contribution in [0.2, 0.25) is 0 Å². The van der Waals surface area contributed by atoms with Crippen molar-refractivity contribution in [2.45, 2.75) is 44.6 Å². The highest BCUT2D eigenvalue weighted by molar-refractivity contribution is 5.78. The van der Waals surface area contributed by atoms with Crippen LogP contribution in [0.5, 0.6) is 0 Å². The SMILES string of the molecule is CCCNC(=O)C1CCC(C#N)(NC)CC1. The molecule has 0 heterocycles. The molecule has 0 aromatic rings. The van der Waals surface area contributed by atoms with E-state index in [0.717, 1.165) is 38.6 Å². The van der Waals surface area contributed by atoms with Crippen molar-refractivity contribution in [3.05, 3.63) is 0 Å². The van der Waals surface area contributed by atoms with Crippen molar-refractivity contribution in [1.29, 1.82) is 5.26 Å². The number of nitriles is 1. The molecule has 90 valence electrons. The fourth-order valence-corrected chi connectivity index (χ4v) is 2.18. The minimum absolute atomic E-state index is 0.0985. The van der Waals surface area contributed by atoms with Gasteiger partial charge in [0.2, 0.25) is 5.91 Å². The van der Waals surface area contributed by atoms with Crippen molar-refractivity contribution in [1.82, 2.24) is 10.6 Å².